The monoisotopic (exact) mass is 316 g/mol. The average molecular weight is 316 g/mol. The summed E-state index contributed by atoms with van der Waals surface area (Å²) in [4.78, 5) is 18.8. The number of amides is 1. The highest BCUT2D eigenvalue weighted by atomic mass is 16.6. The van der Waals surface area contributed by atoms with Crippen molar-refractivity contribution >= 4 is 6.09 Å². The van der Waals surface area contributed by atoms with Crippen molar-refractivity contribution in [3.63, 3.8) is 0 Å². The van der Waals surface area contributed by atoms with Crippen molar-refractivity contribution in [2.24, 2.45) is 0 Å². The maximum Gasteiger partial charge on any atom is 0.407 e. The van der Waals surface area contributed by atoms with Crippen LogP contribution in [0.1, 0.15) is 37.7 Å². The van der Waals surface area contributed by atoms with E-state index < -0.39 is 11.7 Å². The van der Waals surface area contributed by atoms with Crippen molar-refractivity contribution in [2.45, 2.75) is 46.0 Å². The molecule has 0 aliphatic rings. The van der Waals surface area contributed by atoms with Gasteiger partial charge in [-0.05, 0) is 31.9 Å². The highest BCUT2D eigenvalue weighted by Crippen LogP contribution is 2.08. The Kier molecular flexibility index (Phi) is 5.76. The minimum absolute atomic E-state index is 0.401. The van der Waals surface area contributed by atoms with E-state index in [9.17, 15) is 4.79 Å². The Morgan fingerprint density at radius 2 is 1.78 bits per heavy atom. The molecular formula is C17H24N4O2. The molecule has 124 valence electrons. The van der Waals surface area contributed by atoms with E-state index in [1.54, 1.807) is 6.20 Å². The lowest BCUT2D eigenvalue weighted by Gasteiger charge is -2.19. The summed E-state index contributed by atoms with van der Waals surface area (Å²) in [5, 5.41) is 6.06. The number of imidazole rings is 1. The second-order valence-electron chi connectivity index (χ2n) is 6.31. The van der Waals surface area contributed by atoms with Crippen molar-refractivity contribution in [1.82, 2.24) is 20.6 Å². The summed E-state index contributed by atoms with van der Waals surface area (Å²) in [6, 6.07) is 8.09. The summed E-state index contributed by atoms with van der Waals surface area (Å²) >= 11 is 0. The van der Waals surface area contributed by atoms with E-state index in [2.05, 4.69) is 20.6 Å². The molecule has 0 unspecified atom stereocenters. The van der Waals surface area contributed by atoms with E-state index in [0.29, 0.717) is 13.1 Å². The molecular weight excluding hydrogens is 292 g/mol. The van der Waals surface area contributed by atoms with E-state index in [-0.39, 0.29) is 0 Å². The van der Waals surface area contributed by atoms with Gasteiger partial charge in [-0.15, -0.1) is 0 Å². The molecule has 0 aliphatic carbocycles. The third kappa shape index (κ3) is 6.52. The van der Waals surface area contributed by atoms with Gasteiger partial charge in [0.15, 0.2) is 0 Å². The normalized spacial score (nSPS) is 11.3. The van der Waals surface area contributed by atoms with E-state index in [1.807, 2.05) is 51.2 Å². The predicted molar refractivity (Wildman–Crippen MR) is 88.6 cm³/mol. The van der Waals surface area contributed by atoms with Gasteiger partial charge in [0, 0.05) is 25.5 Å². The van der Waals surface area contributed by atoms with Gasteiger partial charge in [0.05, 0.1) is 6.54 Å². The Morgan fingerprint density at radius 1 is 1.13 bits per heavy atom. The smallest absolute Gasteiger partial charge is 0.407 e. The van der Waals surface area contributed by atoms with E-state index >= 15 is 0 Å². The molecule has 0 radical (unpaired) electrons. The Balaban J connectivity index is 1.72. The van der Waals surface area contributed by atoms with Crippen molar-refractivity contribution in [3.8, 4) is 0 Å². The lowest BCUT2D eigenvalue weighted by atomic mass is 10.1. The van der Waals surface area contributed by atoms with Crippen LogP contribution in [0.5, 0.6) is 0 Å². The van der Waals surface area contributed by atoms with E-state index in [1.165, 1.54) is 5.56 Å². The molecule has 0 atom stereocenters. The molecule has 0 bridgehead atoms. The lowest BCUT2D eigenvalue weighted by Crippen LogP contribution is -2.32. The van der Waals surface area contributed by atoms with Gasteiger partial charge >= 0.3 is 6.09 Å². The SMILES string of the molecule is CC(C)(C)OC(=O)NCc1ccc(CNCc2ncc[nH]2)cc1. The fraction of sp³-hybridized carbons (Fsp3) is 0.412. The summed E-state index contributed by atoms with van der Waals surface area (Å²) in [6.45, 7) is 7.45. The van der Waals surface area contributed by atoms with Crippen LogP contribution in [0.4, 0.5) is 4.79 Å². The molecule has 23 heavy (non-hydrogen) atoms. The number of benzene rings is 1. The van der Waals surface area contributed by atoms with Crippen LogP contribution in [0.25, 0.3) is 0 Å². The first kappa shape index (κ1) is 17.0. The molecule has 1 amide bonds. The number of nitrogens with one attached hydrogen (secondary N) is 3. The maximum absolute atomic E-state index is 11.6. The number of carbonyl (C=O) groups is 1. The largest absolute Gasteiger partial charge is 0.444 e. The number of hydrogen-bond acceptors (Lipinski definition) is 4. The predicted octanol–water partition coefficient (Wildman–Crippen LogP) is 2.72. The van der Waals surface area contributed by atoms with Crippen LogP contribution < -0.4 is 10.6 Å². The number of rotatable bonds is 6. The van der Waals surface area contributed by atoms with Crippen LogP contribution in [0.2, 0.25) is 0 Å². The highest BCUT2D eigenvalue weighted by molar-refractivity contribution is 5.67. The fourth-order valence-electron chi connectivity index (χ4n) is 1.98. The van der Waals surface area contributed by atoms with Gasteiger partial charge in [-0.25, -0.2) is 9.78 Å². The van der Waals surface area contributed by atoms with Crippen LogP contribution in [0.3, 0.4) is 0 Å². The first-order chi connectivity index (χ1) is 10.9. The maximum atomic E-state index is 11.6. The zero-order valence-corrected chi connectivity index (χ0v) is 13.8. The number of carbonyl (C=O) groups excluding carboxylic acids is 1. The van der Waals surface area contributed by atoms with Crippen molar-refractivity contribution in [2.75, 3.05) is 0 Å². The Hall–Kier alpha value is -2.34. The standard InChI is InChI=1S/C17H24N4O2/c1-17(2,3)23-16(22)21-11-14-6-4-13(5-7-14)10-18-12-15-19-8-9-20-15/h4-9,18H,10-12H2,1-3H3,(H,19,20)(H,21,22). The minimum Gasteiger partial charge on any atom is -0.444 e. The van der Waals surface area contributed by atoms with Crippen LogP contribution in [-0.4, -0.2) is 21.7 Å². The van der Waals surface area contributed by atoms with Gasteiger partial charge in [-0.3, -0.25) is 0 Å². The number of alkyl carbamates (subject to hydrolysis) is 1. The average Bonchev–Trinajstić information content (AvgIpc) is 2.98. The summed E-state index contributed by atoms with van der Waals surface area (Å²) in [7, 11) is 0. The van der Waals surface area contributed by atoms with E-state index in [4.69, 9.17) is 4.74 Å². The molecule has 3 N–H and O–H groups in total. The molecule has 2 aromatic rings. The van der Waals surface area contributed by atoms with Crippen LogP contribution >= 0.6 is 0 Å². The van der Waals surface area contributed by atoms with Gasteiger partial charge in [0.25, 0.3) is 0 Å². The topological polar surface area (TPSA) is 79.0 Å². The van der Waals surface area contributed by atoms with E-state index in [0.717, 1.165) is 17.9 Å². The zero-order valence-electron chi connectivity index (χ0n) is 13.8. The third-order valence-electron chi connectivity index (χ3n) is 3.04. The summed E-state index contributed by atoms with van der Waals surface area (Å²) in [5.41, 5.74) is 1.73. The number of H-pyrrole nitrogens is 1. The molecule has 6 heteroatoms. The van der Waals surface area contributed by atoms with Crippen LogP contribution in [-0.2, 0) is 24.4 Å². The van der Waals surface area contributed by atoms with Gasteiger partial charge in [0.2, 0.25) is 0 Å². The quantitative estimate of drug-likeness (QED) is 0.765. The molecule has 1 heterocycles. The molecule has 1 aromatic carbocycles. The highest BCUT2D eigenvalue weighted by Gasteiger charge is 2.15. The van der Waals surface area contributed by atoms with Gasteiger partial charge in [0.1, 0.15) is 11.4 Å². The van der Waals surface area contributed by atoms with Crippen LogP contribution in [0, 0.1) is 0 Å². The second kappa shape index (κ2) is 7.78. The van der Waals surface area contributed by atoms with Gasteiger partial charge in [-0.1, -0.05) is 24.3 Å². The number of aromatic amines is 1. The molecule has 0 fully saturated rings. The second-order valence-corrected chi connectivity index (χ2v) is 6.31. The third-order valence-corrected chi connectivity index (χ3v) is 3.04. The summed E-state index contributed by atoms with van der Waals surface area (Å²) in [6.07, 6.45) is 3.15. The first-order valence-corrected chi connectivity index (χ1v) is 7.66. The summed E-state index contributed by atoms with van der Waals surface area (Å²) < 4.78 is 5.20. The molecule has 0 saturated carbocycles. The number of aromatic nitrogens is 2. The first-order valence-electron chi connectivity index (χ1n) is 7.66. The van der Waals surface area contributed by atoms with Crippen molar-refractivity contribution in [1.29, 1.82) is 0 Å². The number of ether oxygens (including phenoxy) is 1. The number of nitrogens with zero attached hydrogens (tertiary/aromatic N) is 1. The Labute approximate surface area is 136 Å². The molecule has 0 aliphatic heterocycles. The zero-order chi connectivity index (χ0) is 16.7. The van der Waals surface area contributed by atoms with Crippen molar-refractivity contribution in [3.05, 3.63) is 53.6 Å². The molecule has 2 rings (SSSR count). The lowest BCUT2D eigenvalue weighted by molar-refractivity contribution is 0.0523. The minimum atomic E-state index is -0.479. The Bertz CT molecular complexity index is 601. The molecule has 6 nitrogen and oxygen atoms in total. The fourth-order valence-corrected chi connectivity index (χ4v) is 1.98. The summed E-state index contributed by atoms with van der Waals surface area (Å²) in [5.74, 6) is 0.920. The van der Waals surface area contributed by atoms with Crippen LogP contribution in [0.15, 0.2) is 36.7 Å². The van der Waals surface area contributed by atoms with Gasteiger partial charge < -0.3 is 20.4 Å². The molecule has 0 spiro atoms. The molecule has 1 aromatic heterocycles. The van der Waals surface area contributed by atoms with Crippen molar-refractivity contribution < 1.29 is 9.53 Å². The van der Waals surface area contributed by atoms with Gasteiger partial charge in [-0.2, -0.15) is 0 Å². The Morgan fingerprint density at radius 3 is 2.35 bits per heavy atom. The molecule has 0 saturated heterocycles. The number of hydrogen-bond donors (Lipinski definition) is 3.